The molecule has 0 radical (unpaired) electrons. The Labute approximate surface area is 163 Å². The quantitative estimate of drug-likeness (QED) is 0.545. The Morgan fingerprint density at radius 2 is 1.93 bits per heavy atom. The second-order valence-electron chi connectivity index (χ2n) is 5.79. The lowest BCUT2D eigenvalue weighted by molar-refractivity contribution is -0.144. The van der Waals surface area contributed by atoms with Gasteiger partial charge < -0.3 is 14.8 Å². The molecule has 0 unspecified atom stereocenters. The number of rotatable bonds is 8. The minimum atomic E-state index is -0.588. The van der Waals surface area contributed by atoms with Gasteiger partial charge in [0.2, 0.25) is 0 Å². The van der Waals surface area contributed by atoms with Crippen molar-refractivity contribution >= 4 is 29.6 Å². The number of benzene rings is 2. The minimum absolute atomic E-state index is 0.241. The lowest BCUT2D eigenvalue weighted by Gasteiger charge is -2.14. The van der Waals surface area contributed by atoms with Crippen molar-refractivity contribution in [2.45, 2.75) is 19.9 Å². The third-order valence-electron chi connectivity index (χ3n) is 3.67. The third-order valence-corrected chi connectivity index (χ3v) is 3.91. The standard InChI is InChI=1S/C21H22ClNO4/c1-3-26-19-10-7-16(8-11-19)9-12-21(25)27-14-20(24)23-15(2)17-5-4-6-18(22)13-17/h4-13,15H,3,14H2,1-2H3,(H,23,24)/b12-9+/t15-/m0/s1. The summed E-state index contributed by atoms with van der Waals surface area (Å²) < 4.78 is 10.3. The van der Waals surface area contributed by atoms with Crippen LogP contribution >= 0.6 is 11.6 Å². The van der Waals surface area contributed by atoms with Gasteiger partial charge in [-0.05, 0) is 55.3 Å². The highest BCUT2D eigenvalue weighted by molar-refractivity contribution is 6.30. The number of nitrogens with one attached hydrogen (secondary N) is 1. The minimum Gasteiger partial charge on any atom is -0.494 e. The van der Waals surface area contributed by atoms with Crippen LogP contribution in [0.4, 0.5) is 0 Å². The Bertz CT molecular complexity index is 802. The first-order chi connectivity index (χ1) is 13.0. The highest BCUT2D eigenvalue weighted by Gasteiger charge is 2.11. The molecule has 27 heavy (non-hydrogen) atoms. The molecule has 2 rings (SSSR count). The molecule has 2 aromatic carbocycles. The van der Waals surface area contributed by atoms with Gasteiger partial charge in [0.15, 0.2) is 6.61 Å². The van der Waals surface area contributed by atoms with E-state index in [0.717, 1.165) is 16.9 Å². The molecule has 0 spiro atoms. The summed E-state index contributed by atoms with van der Waals surface area (Å²) in [6, 6.07) is 14.3. The number of carbonyl (C=O) groups excluding carboxylic acids is 2. The number of hydrogen-bond acceptors (Lipinski definition) is 4. The summed E-state index contributed by atoms with van der Waals surface area (Å²) in [6.45, 7) is 3.99. The molecule has 1 N–H and O–H groups in total. The molecule has 0 fully saturated rings. The summed E-state index contributed by atoms with van der Waals surface area (Å²) in [5.41, 5.74) is 1.70. The van der Waals surface area contributed by atoms with Crippen LogP contribution in [0.3, 0.4) is 0 Å². The third kappa shape index (κ3) is 7.15. The Hall–Kier alpha value is -2.79. The average Bonchev–Trinajstić information content (AvgIpc) is 2.66. The predicted molar refractivity (Wildman–Crippen MR) is 106 cm³/mol. The molecule has 0 heterocycles. The van der Waals surface area contributed by atoms with Crippen molar-refractivity contribution in [3.05, 3.63) is 70.8 Å². The molecule has 142 valence electrons. The molecule has 5 nitrogen and oxygen atoms in total. The zero-order valence-corrected chi connectivity index (χ0v) is 16.0. The molecule has 0 saturated heterocycles. The highest BCUT2D eigenvalue weighted by Crippen LogP contribution is 2.17. The molecular weight excluding hydrogens is 366 g/mol. The van der Waals surface area contributed by atoms with Crippen LogP contribution in [0, 0.1) is 0 Å². The van der Waals surface area contributed by atoms with Gasteiger partial charge in [0, 0.05) is 11.1 Å². The van der Waals surface area contributed by atoms with Gasteiger partial charge in [-0.2, -0.15) is 0 Å². The second kappa shape index (κ2) is 10.4. The van der Waals surface area contributed by atoms with Crippen LogP contribution in [-0.2, 0) is 14.3 Å². The van der Waals surface area contributed by atoms with Gasteiger partial charge in [-0.25, -0.2) is 4.79 Å². The smallest absolute Gasteiger partial charge is 0.331 e. The normalized spacial score (nSPS) is 11.8. The van der Waals surface area contributed by atoms with E-state index in [9.17, 15) is 9.59 Å². The fourth-order valence-electron chi connectivity index (χ4n) is 2.33. The molecule has 1 atom stereocenters. The number of halogens is 1. The molecule has 0 saturated carbocycles. The van der Waals surface area contributed by atoms with E-state index < -0.39 is 5.97 Å². The number of amides is 1. The lowest BCUT2D eigenvalue weighted by Crippen LogP contribution is -2.30. The molecular formula is C21H22ClNO4. The molecule has 2 aromatic rings. The van der Waals surface area contributed by atoms with E-state index in [-0.39, 0.29) is 18.6 Å². The number of ether oxygens (including phenoxy) is 2. The zero-order valence-electron chi connectivity index (χ0n) is 15.3. The number of carbonyl (C=O) groups is 2. The van der Waals surface area contributed by atoms with E-state index in [1.165, 1.54) is 6.08 Å². The Morgan fingerprint density at radius 1 is 1.19 bits per heavy atom. The van der Waals surface area contributed by atoms with E-state index in [4.69, 9.17) is 21.1 Å². The fourth-order valence-corrected chi connectivity index (χ4v) is 2.53. The van der Waals surface area contributed by atoms with Crippen LogP contribution in [0.5, 0.6) is 5.75 Å². The van der Waals surface area contributed by atoms with Crippen molar-refractivity contribution in [2.24, 2.45) is 0 Å². The van der Waals surface area contributed by atoms with Crippen LogP contribution in [0.1, 0.15) is 31.0 Å². The Kier molecular flexibility index (Phi) is 7.89. The fraction of sp³-hybridized carbons (Fsp3) is 0.238. The van der Waals surface area contributed by atoms with Crippen molar-refractivity contribution < 1.29 is 19.1 Å². The van der Waals surface area contributed by atoms with Gasteiger partial charge in [-0.15, -0.1) is 0 Å². The van der Waals surface area contributed by atoms with Crippen LogP contribution < -0.4 is 10.1 Å². The lowest BCUT2D eigenvalue weighted by atomic mass is 10.1. The summed E-state index contributed by atoms with van der Waals surface area (Å²) in [6.07, 6.45) is 2.90. The van der Waals surface area contributed by atoms with Crippen molar-refractivity contribution in [3.63, 3.8) is 0 Å². The van der Waals surface area contributed by atoms with Crippen molar-refractivity contribution in [3.8, 4) is 5.75 Å². The monoisotopic (exact) mass is 387 g/mol. The van der Waals surface area contributed by atoms with E-state index in [0.29, 0.717) is 11.6 Å². The van der Waals surface area contributed by atoms with E-state index in [1.807, 2.05) is 50.2 Å². The zero-order chi connectivity index (χ0) is 19.6. The van der Waals surface area contributed by atoms with E-state index in [1.54, 1.807) is 18.2 Å². The first-order valence-electron chi connectivity index (χ1n) is 8.60. The maximum absolute atomic E-state index is 11.9. The van der Waals surface area contributed by atoms with Crippen LogP contribution in [-0.4, -0.2) is 25.1 Å². The highest BCUT2D eigenvalue weighted by atomic mass is 35.5. The summed E-state index contributed by atoms with van der Waals surface area (Å²) >= 11 is 5.94. The summed E-state index contributed by atoms with van der Waals surface area (Å²) in [5, 5.41) is 3.35. The summed E-state index contributed by atoms with van der Waals surface area (Å²) in [5.74, 6) is -0.206. The SMILES string of the molecule is CCOc1ccc(/C=C/C(=O)OCC(=O)N[C@@H](C)c2cccc(Cl)c2)cc1. The van der Waals surface area contributed by atoms with Crippen molar-refractivity contribution in [1.29, 1.82) is 0 Å². The van der Waals surface area contributed by atoms with Gasteiger partial charge >= 0.3 is 5.97 Å². The summed E-state index contributed by atoms with van der Waals surface area (Å²) in [4.78, 5) is 23.7. The van der Waals surface area contributed by atoms with Crippen molar-refractivity contribution in [2.75, 3.05) is 13.2 Å². The largest absolute Gasteiger partial charge is 0.494 e. The average molecular weight is 388 g/mol. The molecule has 0 aliphatic carbocycles. The molecule has 0 aliphatic rings. The van der Waals surface area contributed by atoms with Gasteiger partial charge in [-0.1, -0.05) is 35.9 Å². The molecule has 0 aromatic heterocycles. The topological polar surface area (TPSA) is 64.6 Å². The maximum Gasteiger partial charge on any atom is 0.331 e. The first kappa shape index (κ1) is 20.5. The van der Waals surface area contributed by atoms with Gasteiger partial charge in [0.25, 0.3) is 5.91 Å². The van der Waals surface area contributed by atoms with Gasteiger partial charge in [0.1, 0.15) is 5.75 Å². The van der Waals surface area contributed by atoms with Crippen molar-refractivity contribution in [1.82, 2.24) is 5.32 Å². The number of esters is 1. The second-order valence-corrected chi connectivity index (χ2v) is 6.22. The van der Waals surface area contributed by atoms with Crippen LogP contribution in [0.2, 0.25) is 5.02 Å². The maximum atomic E-state index is 11.9. The van der Waals surface area contributed by atoms with Crippen LogP contribution in [0.25, 0.3) is 6.08 Å². The Morgan fingerprint density at radius 3 is 2.59 bits per heavy atom. The summed E-state index contributed by atoms with van der Waals surface area (Å²) in [7, 11) is 0. The van der Waals surface area contributed by atoms with E-state index >= 15 is 0 Å². The molecule has 1 amide bonds. The molecule has 6 heteroatoms. The molecule has 0 aliphatic heterocycles. The van der Waals surface area contributed by atoms with E-state index in [2.05, 4.69) is 5.32 Å². The Balaban J connectivity index is 1.78. The molecule has 0 bridgehead atoms. The predicted octanol–water partition coefficient (Wildman–Crippen LogP) is 4.17. The van der Waals surface area contributed by atoms with Crippen LogP contribution in [0.15, 0.2) is 54.6 Å². The first-order valence-corrected chi connectivity index (χ1v) is 8.98. The van der Waals surface area contributed by atoms with Gasteiger partial charge in [-0.3, -0.25) is 4.79 Å². The van der Waals surface area contributed by atoms with Gasteiger partial charge in [0.05, 0.1) is 12.6 Å². The number of hydrogen-bond donors (Lipinski definition) is 1.